The second kappa shape index (κ2) is 6.59. The Morgan fingerprint density at radius 1 is 1.39 bits per heavy atom. The fourth-order valence-electron chi connectivity index (χ4n) is 2.52. The van der Waals surface area contributed by atoms with Gasteiger partial charge in [-0.05, 0) is 49.7 Å². The highest BCUT2D eigenvalue weighted by molar-refractivity contribution is 7.05. The van der Waals surface area contributed by atoms with Crippen molar-refractivity contribution >= 4 is 11.5 Å². The Kier molecular flexibility index (Phi) is 5.09. The molecule has 4 nitrogen and oxygen atoms in total. The molecular formula is C13H23N3OS. The summed E-state index contributed by atoms with van der Waals surface area (Å²) in [6.07, 6.45) is 3.53. The van der Waals surface area contributed by atoms with E-state index in [-0.39, 0.29) is 0 Å². The van der Waals surface area contributed by atoms with Gasteiger partial charge in [0.1, 0.15) is 0 Å². The lowest BCUT2D eigenvalue weighted by Gasteiger charge is -2.26. The van der Waals surface area contributed by atoms with Crippen molar-refractivity contribution in [2.24, 2.45) is 5.92 Å². The first-order valence-electron chi connectivity index (χ1n) is 6.79. The molecular weight excluding hydrogens is 246 g/mol. The van der Waals surface area contributed by atoms with E-state index in [1.165, 1.54) is 24.1 Å². The second-order valence-electron chi connectivity index (χ2n) is 5.31. The minimum Gasteiger partial charge on any atom is -0.381 e. The number of rotatable bonds is 5. The van der Waals surface area contributed by atoms with Crippen LogP contribution in [0.2, 0.25) is 0 Å². The largest absolute Gasteiger partial charge is 0.381 e. The molecule has 1 N–H and O–H groups in total. The van der Waals surface area contributed by atoms with Gasteiger partial charge in [0.2, 0.25) is 0 Å². The molecule has 1 atom stereocenters. The smallest absolute Gasteiger partial charge is 0.0829 e. The summed E-state index contributed by atoms with van der Waals surface area (Å²) in [6.45, 7) is 6.20. The molecule has 1 saturated heterocycles. The van der Waals surface area contributed by atoms with Gasteiger partial charge in [0, 0.05) is 19.3 Å². The van der Waals surface area contributed by atoms with E-state index >= 15 is 0 Å². The van der Waals surface area contributed by atoms with Crippen LogP contribution in [0.3, 0.4) is 0 Å². The quantitative estimate of drug-likeness (QED) is 0.893. The molecule has 5 heteroatoms. The van der Waals surface area contributed by atoms with Crippen LogP contribution in [0.1, 0.15) is 55.6 Å². The summed E-state index contributed by atoms with van der Waals surface area (Å²) in [6, 6.07) is 0.394. The third-order valence-corrected chi connectivity index (χ3v) is 4.52. The van der Waals surface area contributed by atoms with Gasteiger partial charge in [0.05, 0.1) is 10.6 Å². The summed E-state index contributed by atoms with van der Waals surface area (Å²) in [5, 5.41) is 7.72. The van der Waals surface area contributed by atoms with Crippen LogP contribution in [-0.2, 0) is 4.74 Å². The van der Waals surface area contributed by atoms with Crippen LogP contribution in [0.25, 0.3) is 0 Å². The lowest BCUT2D eigenvalue weighted by Crippen LogP contribution is -2.24. The van der Waals surface area contributed by atoms with Crippen LogP contribution in [-0.4, -0.2) is 29.8 Å². The maximum Gasteiger partial charge on any atom is 0.0829 e. The molecule has 2 rings (SSSR count). The lowest BCUT2D eigenvalue weighted by atomic mass is 9.91. The summed E-state index contributed by atoms with van der Waals surface area (Å²) in [4.78, 5) is 1.32. The van der Waals surface area contributed by atoms with Crippen LogP contribution < -0.4 is 5.32 Å². The number of nitrogens with one attached hydrogen (secondary N) is 1. The summed E-state index contributed by atoms with van der Waals surface area (Å²) in [5.74, 6) is 1.21. The van der Waals surface area contributed by atoms with Crippen molar-refractivity contribution < 1.29 is 4.74 Å². The molecule has 0 spiro atoms. The van der Waals surface area contributed by atoms with E-state index in [4.69, 9.17) is 4.74 Å². The van der Waals surface area contributed by atoms with E-state index in [9.17, 15) is 0 Å². The van der Waals surface area contributed by atoms with Crippen molar-refractivity contribution in [2.75, 3.05) is 20.3 Å². The Morgan fingerprint density at radius 2 is 2.11 bits per heavy atom. The molecule has 1 aliphatic rings. The van der Waals surface area contributed by atoms with Crippen LogP contribution >= 0.6 is 11.5 Å². The topological polar surface area (TPSA) is 47.0 Å². The van der Waals surface area contributed by atoms with Crippen LogP contribution in [0.15, 0.2) is 0 Å². The summed E-state index contributed by atoms with van der Waals surface area (Å²) >= 11 is 1.54. The highest BCUT2D eigenvalue weighted by atomic mass is 32.1. The molecule has 0 aromatic carbocycles. The molecule has 0 saturated carbocycles. The van der Waals surface area contributed by atoms with E-state index in [1.807, 2.05) is 7.05 Å². The first-order valence-corrected chi connectivity index (χ1v) is 7.56. The molecule has 0 aliphatic carbocycles. The molecule has 0 radical (unpaired) electrons. The third-order valence-electron chi connectivity index (χ3n) is 3.66. The molecule has 1 aromatic rings. The molecule has 1 fully saturated rings. The average molecular weight is 269 g/mol. The van der Waals surface area contributed by atoms with Gasteiger partial charge in [-0.25, -0.2) is 0 Å². The molecule has 0 amide bonds. The predicted molar refractivity (Wildman–Crippen MR) is 74.0 cm³/mol. The standard InChI is InChI=1S/C13H23N3OS/c1-9(2)12-13(18-16-15-12)11(14-3)8-10-4-6-17-7-5-10/h9-11,14H,4-8H2,1-3H3. The minimum absolute atomic E-state index is 0.394. The summed E-state index contributed by atoms with van der Waals surface area (Å²) in [7, 11) is 2.04. The van der Waals surface area contributed by atoms with Crippen molar-refractivity contribution in [3.05, 3.63) is 10.6 Å². The van der Waals surface area contributed by atoms with E-state index < -0.39 is 0 Å². The van der Waals surface area contributed by atoms with Gasteiger partial charge in [-0.3, -0.25) is 0 Å². The van der Waals surface area contributed by atoms with Gasteiger partial charge in [-0.1, -0.05) is 18.3 Å². The Balaban J connectivity index is 2.05. The van der Waals surface area contributed by atoms with Crippen molar-refractivity contribution in [1.82, 2.24) is 14.9 Å². The average Bonchev–Trinajstić information content (AvgIpc) is 2.86. The van der Waals surface area contributed by atoms with Crippen LogP contribution in [0, 0.1) is 5.92 Å². The first kappa shape index (κ1) is 13.9. The maximum absolute atomic E-state index is 5.43. The second-order valence-corrected chi connectivity index (χ2v) is 6.10. The Morgan fingerprint density at radius 3 is 2.72 bits per heavy atom. The highest BCUT2D eigenvalue weighted by Crippen LogP contribution is 2.32. The SMILES string of the molecule is CNC(CC1CCOCC1)c1snnc1C(C)C. The number of hydrogen-bond donors (Lipinski definition) is 1. The zero-order valence-corrected chi connectivity index (χ0v) is 12.3. The third kappa shape index (κ3) is 3.28. The monoisotopic (exact) mass is 269 g/mol. The maximum atomic E-state index is 5.43. The van der Waals surface area contributed by atoms with Gasteiger partial charge >= 0.3 is 0 Å². The summed E-state index contributed by atoms with van der Waals surface area (Å²) in [5.41, 5.74) is 1.16. The zero-order chi connectivity index (χ0) is 13.0. The first-order chi connectivity index (χ1) is 8.72. The Bertz CT molecular complexity index is 361. The number of ether oxygens (including phenoxy) is 1. The fraction of sp³-hybridized carbons (Fsp3) is 0.846. The van der Waals surface area contributed by atoms with Gasteiger partial charge in [0.15, 0.2) is 0 Å². The fourth-order valence-corrected chi connectivity index (χ4v) is 3.45. The summed E-state index contributed by atoms with van der Waals surface area (Å²) < 4.78 is 9.56. The van der Waals surface area contributed by atoms with E-state index in [2.05, 4.69) is 28.8 Å². The number of hydrogen-bond acceptors (Lipinski definition) is 5. The van der Waals surface area contributed by atoms with E-state index in [1.54, 1.807) is 11.5 Å². The molecule has 102 valence electrons. The minimum atomic E-state index is 0.394. The van der Waals surface area contributed by atoms with Gasteiger partial charge in [0.25, 0.3) is 0 Å². The highest BCUT2D eigenvalue weighted by Gasteiger charge is 2.24. The zero-order valence-electron chi connectivity index (χ0n) is 11.5. The van der Waals surface area contributed by atoms with E-state index in [0.29, 0.717) is 12.0 Å². The van der Waals surface area contributed by atoms with Crippen LogP contribution in [0.4, 0.5) is 0 Å². The number of aromatic nitrogens is 2. The van der Waals surface area contributed by atoms with Gasteiger partial charge in [-0.15, -0.1) is 5.10 Å². The van der Waals surface area contributed by atoms with Gasteiger partial charge < -0.3 is 10.1 Å². The van der Waals surface area contributed by atoms with Crippen LogP contribution in [0.5, 0.6) is 0 Å². The predicted octanol–water partition coefficient (Wildman–Crippen LogP) is 2.74. The molecule has 1 aliphatic heterocycles. The number of nitrogens with zero attached hydrogens (tertiary/aromatic N) is 2. The Labute approximate surface area is 113 Å². The molecule has 0 bridgehead atoms. The molecule has 1 aromatic heterocycles. The molecule has 18 heavy (non-hydrogen) atoms. The lowest BCUT2D eigenvalue weighted by molar-refractivity contribution is 0.0609. The Hall–Kier alpha value is -0.520. The van der Waals surface area contributed by atoms with Crippen molar-refractivity contribution in [3.8, 4) is 0 Å². The van der Waals surface area contributed by atoms with Crippen molar-refractivity contribution in [1.29, 1.82) is 0 Å². The molecule has 1 unspecified atom stereocenters. The normalized spacial score (nSPS) is 19.3. The van der Waals surface area contributed by atoms with Crippen molar-refractivity contribution in [2.45, 2.75) is 45.1 Å². The van der Waals surface area contributed by atoms with Crippen molar-refractivity contribution in [3.63, 3.8) is 0 Å². The van der Waals surface area contributed by atoms with E-state index in [0.717, 1.165) is 24.8 Å². The molecule has 2 heterocycles. The van der Waals surface area contributed by atoms with Gasteiger partial charge in [-0.2, -0.15) is 0 Å².